The molecule has 0 radical (unpaired) electrons. The molecular weight excluding hydrogens is 328 g/mol. The van der Waals surface area contributed by atoms with Crippen molar-refractivity contribution in [3.05, 3.63) is 53.6 Å². The number of hydrogen-bond acceptors (Lipinski definition) is 4. The van der Waals surface area contributed by atoms with Crippen LogP contribution in [0.1, 0.15) is 15.9 Å². The fourth-order valence-electron chi connectivity index (χ4n) is 2.26. The van der Waals surface area contributed by atoms with E-state index in [9.17, 15) is 13.2 Å². The first-order valence-electron chi connectivity index (χ1n) is 7.23. The van der Waals surface area contributed by atoms with Crippen LogP contribution in [0.5, 0.6) is 5.75 Å². The van der Waals surface area contributed by atoms with Gasteiger partial charge in [0.15, 0.2) is 0 Å². The van der Waals surface area contributed by atoms with Gasteiger partial charge in [0.1, 0.15) is 5.75 Å². The Morgan fingerprint density at radius 1 is 1.12 bits per heavy atom. The van der Waals surface area contributed by atoms with Crippen LogP contribution in [0.25, 0.3) is 0 Å². The molecule has 0 bridgehead atoms. The SMILES string of the molecule is COc1ccc(NC(=O)c2cccc(N(C)S(C)(=O)=O)c2C)cc1. The second-order valence-corrected chi connectivity index (χ2v) is 7.38. The van der Waals surface area contributed by atoms with E-state index in [4.69, 9.17) is 4.74 Å². The van der Waals surface area contributed by atoms with Gasteiger partial charge in [-0.25, -0.2) is 8.42 Å². The number of rotatable bonds is 5. The number of amides is 1. The Morgan fingerprint density at radius 2 is 1.75 bits per heavy atom. The first-order chi connectivity index (χ1) is 11.2. The molecule has 7 heteroatoms. The van der Waals surface area contributed by atoms with Crippen molar-refractivity contribution in [3.63, 3.8) is 0 Å². The van der Waals surface area contributed by atoms with Crippen LogP contribution in [0.3, 0.4) is 0 Å². The summed E-state index contributed by atoms with van der Waals surface area (Å²) in [7, 11) is -0.368. The number of sulfonamides is 1. The third-order valence-electron chi connectivity index (χ3n) is 3.73. The lowest BCUT2D eigenvalue weighted by atomic mass is 10.1. The van der Waals surface area contributed by atoms with E-state index in [-0.39, 0.29) is 5.91 Å². The van der Waals surface area contributed by atoms with Crippen molar-refractivity contribution in [2.45, 2.75) is 6.92 Å². The lowest BCUT2D eigenvalue weighted by Crippen LogP contribution is -2.26. The van der Waals surface area contributed by atoms with E-state index in [2.05, 4.69) is 5.32 Å². The zero-order valence-corrected chi connectivity index (χ0v) is 14.8. The summed E-state index contributed by atoms with van der Waals surface area (Å²) in [4.78, 5) is 12.5. The predicted molar refractivity (Wildman–Crippen MR) is 95.4 cm³/mol. The molecule has 0 heterocycles. The summed E-state index contributed by atoms with van der Waals surface area (Å²) in [5.41, 5.74) is 2.11. The van der Waals surface area contributed by atoms with Crippen LogP contribution >= 0.6 is 0 Å². The van der Waals surface area contributed by atoms with Gasteiger partial charge in [-0.2, -0.15) is 0 Å². The first-order valence-corrected chi connectivity index (χ1v) is 9.08. The van der Waals surface area contributed by atoms with Crippen LogP contribution in [-0.2, 0) is 10.0 Å². The van der Waals surface area contributed by atoms with Gasteiger partial charge in [-0.1, -0.05) is 6.07 Å². The molecule has 6 nitrogen and oxygen atoms in total. The van der Waals surface area contributed by atoms with Crippen LogP contribution in [0, 0.1) is 6.92 Å². The highest BCUT2D eigenvalue weighted by Gasteiger charge is 2.18. The van der Waals surface area contributed by atoms with Crippen LogP contribution in [0.15, 0.2) is 42.5 Å². The maximum absolute atomic E-state index is 12.5. The standard InChI is InChI=1S/C17H20N2O4S/c1-12-15(6-5-7-16(12)19(2)24(4,21)22)17(20)18-13-8-10-14(23-3)11-9-13/h5-11H,1-4H3,(H,18,20). The number of carbonyl (C=O) groups excluding carboxylic acids is 1. The summed E-state index contributed by atoms with van der Waals surface area (Å²) < 4.78 is 29.7. The van der Waals surface area contributed by atoms with Gasteiger partial charge in [0.05, 0.1) is 19.1 Å². The molecule has 24 heavy (non-hydrogen) atoms. The minimum atomic E-state index is -3.40. The van der Waals surface area contributed by atoms with Gasteiger partial charge in [-0.05, 0) is 48.9 Å². The van der Waals surface area contributed by atoms with Crippen molar-refractivity contribution < 1.29 is 17.9 Å². The third-order valence-corrected chi connectivity index (χ3v) is 4.93. The first kappa shape index (κ1) is 17.8. The topological polar surface area (TPSA) is 75.7 Å². The fraction of sp³-hybridized carbons (Fsp3) is 0.235. The van der Waals surface area contributed by atoms with Crippen LogP contribution in [-0.4, -0.2) is 34.7 Å². The summed E-state index contributed by atoms with van der Waals surface area (Å²) >= 11 is 0. The van der Waals surface area contributed by atoms with Crippen molar-refractivity contribution >= 4 is 27.3 Å². The van der Waals surface area contributed by atoms with Gasteiger partial charge in [-0.3, -0.25) is 9.10 Å². The van der Waals surface area contributed by atoms with E-state index < -0.39 is 10.0 Å². The molecule has 2 aromatic rings. The number of benzene rings is 2. The van der Waals surface area contributed by atoms with Crippen molar-refractivity contribution in [2.24, 2.45) is 0 Å². The van der Waals surface area contributed by atoms with Gasteiger partial charge in [0.25, 0.3) is 5.91 Å². The normalized spacial score (nSPS) is 11.0. The molecule has 2 rings (SSSR count). The molecule has 1 N–H and O–H groups in total. The monoisotopic (exact) mass is 348 g/mol. The summed E-state index contributed by atoms with van der Waals surface area (Å²) in [6.45, 7) is 1.72. The van der Waals surface area contributed by atoms with E-state index in [0.29, 0.717) is 28.3 Å². The lowest BCUT2D eigenvalue weighted by molar-refractivity contribution is 0.102. The highest BCUT2D eigenvalue weighted by Crippen LogP contribution is 2.25. The molecule has 0 aliphatic heterocycles. The van der Waals surface area contributed by atoms with Gasteiger partial charge >= 0.3 is 0 Å². The lowest BCUT2D eigenvalue weighted by Gasteiger charge is -2.20. The van der Waals surface area contributed by atoms with Gasteiger partial charge < -0.3 is 10.1 Å². The molecule has 0 atom stereocenters. The minimum absolute atomic E-state index is 0.304. The van der Waals surface area contributed by atoms with Crippen LogP contribution in [0.2, 0.25) is 0 Å². The maximum Gasteiger partial charge on any atom is 0.256 e. The van der Waals surface area contributed by atoms with Crippen molar-refractivity contribution in [1.29, 1.82) is 0 Å². The molecule has 0 aromatic heterocycles. The Bertz CT molecular complexity index is 845. The number of nitrogens with one attached hydrogen (secondary N) is 1. The van der Waals surface area contributed by atoms with Crippen LogP contribution < -0.4 is 14.4 Å². The number of carbonyl (C=O) groups is 1. The molecule has 0 aliphatic carbocycles. The number of anilines is 2. The van der Waals surface area contributed by atoms with E-state index in [0.717, 1.165) is 10.6 Å². The quantitative estimate of drug-likeness (QED) is 0.901. The minimum Gasteiger partial charge on any atom is -0.497 e. The maximum atomic E-state index is 12.5. The number of hydrogen-bond donors (Lipinski definition) is 1. The Balaban J connectivity index is 2.29. The molecule has 0 spiro atoms. The largest absolute Gasteiger partial charge is 0.497 e. The number of nitrogens with zero attached hydrogens (tertiary/aromatic N) is 1. The molecule has 128 valence electrons. The molecule has 0 fully saturated rings. The van der Waals surface area contributed by atoms with Crippen LogP contribution in [0.4, 0.5) is 11.4 Å². The van der Waals surface area contributed by atoms with E-state index in [1.54, 1.807) is 56.5 Å². The summed E-state index contributed by atoms with van der Waals surface area (Å²) in [5, 5.41) is 2.79. The Hall–Kier alpha value is -2.54. The average Bonchev–Trinajstić information content (AvgIpc) is 2.54. The Labute approximate surface area is 142 Å². The second-order valence-electron chi connectivity index (χ2n) is 5.36. The molecule has 2 aromatic carbocycles. The summed E-state index contributed by atoms with van der Waals surface area (Å²) in [5.74, 6) is 0.391. The third kappa shape index (κ3) is 3.86. The summed E-state index contributed by atoms with van der Waals surface area (Å²) in [6, 6.07) is 11.9. The fourth-order valence-corrected chi connectivity index (χ4v) is 2.82. The van der Waals surface area contributed by atoms with E-state index >= 15 is 0 Å². The Morgan fingerprint density at radius 3 is 2.29 bits per heavy atom. The van der Waals surface area contributed by atoms with E-state index in [1.165, 1.54) is 7.05 Å². The van der Waals surface area contributed by atoms with Gasteiger partial charge in [0.2, 0.25) is 10.0 Å². The number of ether oxygens (including phenoxy) is 1. The van der Waals surface area contributed by atoms with E-state index in [1.807, 2.05) is 0 Å². The second kappa shape index (κ2) is 6.92. The molecule has 1 amide bonds. The van der Waals surface area contributed by atoms with Gasteiger partial charge in [-0.15, -0.1) is 0 Å². The Kier molecular flexibility index (Phi) is 5.14. The van der Waals surface area contributed by atoms with Crippen molar-refractivity contribution in [2.75, 3.05) is 30.0 Å². The predicted octanol–water partition coefficient (Wildman–Crippen LogP) is 2.65. The highest BCUT2D eigenvalue weighted by atomic mass is 32.2. The average molecular weight is 348 g/mol. The van der Waals surface area contributed by atoms with Crippen molar-refractivity contribution in [1.82, 2.24) is 0 Å². The molecule has 0 aliphatic rings. The number of methoxy groups -OCH3 is 1. The molecular formula is C17H20N2O4S. The highest BCUT2D eigenvalue weighted by molar-refractivity contribution is 7.92. The zero-order valence-electron chi connectivity index (χ0n) is 14.0. The summed E-state index contributed by atoms with van der Waals surface area (Å²) in [6.07, 6.45) is 1.12. The molecule has 0 saturated carbocycles. The molecule has 0 unspecified atom stereocenters. The zero-order chi connectivity index (χ0) is 17.9. The molecule has 0 saturated heterocycles. The smallest absolute Gasteiger partial charge is 0.256 e. The van der Waals surface area contributed by atoms with Crippen molar-refractivity contribution in [3.8, 4) is 5.75 Å². The van der Waals surface area contributed by atoms with Gasteiger partial charge in [0, 0.05) is 18.3 Å².